The van der Waals surface area contributed by atoms with Crippen molar-refractivity contribution in [1.29, 1.82) is 0 Å². The number of nitrogens with one attached hydrogen (secondary N) is 1. The van der Waals surface area contributed by atoms with Crippen LogP contribution < -0.4 is 10.9 Å². The van der Waals surface area contributed by atoms with Crippen LogP contribution in [-0.2, 0) is 0 Å². The molecular weight excluding hydrogens is 369 g/mol. The number of benzene rings is 2. The first-order chi connectivity index (χ1) is 14.1. The third kappa shape index (κ3) is 3.63. The minimum absolute atomic E-state index is 0.00636. The van der Waals surface area contributed by atoms with Gasteiger partial charge in [-0.2, -0.15) is 0 Å². The largest absolute Gasteiger partial charge is 0.373 e. The van der Waals surface area contributed by atoms with Gasteiger partial charge >= 0.3 is 0 Å². The Balaban J connectivity index is 1.92. The van der Waals surface area contributed by atoms with Crippen LogP contribution in [0, 0.1) is 5.82 Å². The third-order valence-electron chi connectivity index (χ3n) is 4.84. The maximum atomic E-state index is 14.5. The lowest BCUT2D eigenvalue weighted by Gasteiger charge is -2.25. The van der Waals surface area contributed by atoms with Crippen molar-refractivity contribution in [2.75, 3.05) is 13.7 Å². The molecule has 0 saturated carbocycles. The number of halogens is 1. The number of aromatic nitrogens is 2. The highest BCUT2D eigenvalue weighted by atomic mass is 19.1. The summed E-state index contributed by atoms with van der Waals surface area (Å²) >= 11 is 0. The van der Waals surface area contributed by atoms with Gasteiger partial charge in [0, 0.05) is 19.5 Å². The standard InChI is InChI=1S/C22H22FN5O/c1-3-18(25-15-12-24-14-27(2)13-15)21-26-19-11-7-10-17(23)20(19)22(29)28(21)16-8-5-4-6-9-16/h4-13,18,25H,3,14H2,1-2H3. The molecule has 2 heterocycles. The number of nitrogens with zero attached hydrogens (tertiary/aromatic N) is 4. The second-order valence-corrected chi connectivity index (χ2v) is 6.98. The molecule has 0 fully saturated rings. The molecule has 1 aromatic heterocycles. The van der Waals surface area contributed by atoms with E-state index >= 15 is 0 Å². The molecule has 2 aromatic carbocycles. The maximum absolute atomic E-state index is 14.5. The molecule has 1 aliphatic heterocycles. The lowest BCUT2D eigenvalue weighted by molar-refractivity contribution is 0.452. The smallest absolute Gasteiger partial charge is 0.269 e. The maximum Gasteiger partial charge on any atom is 0.269 e. The van der Waals surface area contributed by atoms with Crippen molar-refractivity contribution in [3.05, 3.63) is 82.4 Å². The molecule has 148 valence electrons. The Kier molecular flexibility index (Phi) is 5.12. The van der Waals surface area contributed by atoms with Crippen molar-refractivity contribution >= 4 is 17.1 Å². The lowest BCUT2D eigenvalue weighted by Crippen LogP contribution is -2.33. The monoisotopic (exact) mass is 391 g/mol. The highest BCUT2D eigenvalue weighted by molar-refractivity contribution is 5.79. The van der Waals surface area contributed by atoms with Gasteiger partial charge in [-0.3, -0.25) is 14.4 Å². The summed E-state index contributed by atoms with van der Waals surface area (Å²) in [5.41, 5.74) is 1.41. The van der Waals surface area contributed by atoms with E-state index in [0.29, 0.717) is 30.1 Å². The van der Waals surface area contributed by atoms with Gasteiger partial charge in [0.15, 0.2) is 0 Å². The van der Waals surface area contributed by atoms with Crippen molar-refractivity contribution in [3.63, 3.8) is 0 Å². The first-order valence-corrected chi connectivity index (χ1v) is 9.53. The minimum Gasteiger partial charge on any atom is -0.373 e. The molecule has 0 bridgehead atoms. The highest BCUT2D eigenvalue weighted by Crippen LogP contribution is 2.22. The number of hydrogen-bond donors (Lipinski definition) is 1. The number of allylic oxidation sites excluding steroid dienone is 1. The van der Waals surface area contributed by atoms with Gasteiger partial charge in [-0.1, -0.05) is 31.2 Å². The van der Waals surface area contributed by atoms with Crippen molar-refractivity contribution in [1.82, 2.24) is 19.8 Å². The topological polar surface area (TPSA) is 62.5 Å². The fourth-order valence-electron chi connectivity index (χ4n) is 3.47. The lowest BCUT2D eigenvalue weighted by atomic mass is 10.1. The van der Waals surface area contributed by atoms with Gasteiger partial charge in [0.25, 0.3) is 5.56 Å². The summed E-state index contributed by atoms with van der Waals surface area (Å²) in [7, 11) is 1.94. The molecule has 4 rings (SSSR count). The summed E-state index contributed by atoms with van der Waals surface area (Å²) in [6, 6.07) is 13.5. The zero-order chi connectivity index (χ0) is 20.4. The molecule has 0 radical (unpaired) electrons. The van der Waals surface area contributed by atoms with Crippen molar-refractivity contribution in [2.24, 2.45) is 4.99 Å². The Bertz CT molecular complexity index is 1150. The predicted octanol–water partition coefficient (Wildman–Crippen LogP) is 3.38. The van der Waals surface area contributed by atoms with Gasteiger partial charge < -0.3 is 10.2 Å². The van der Waals surface area contributed by atoms with Crippen LogP contribution in [-0.4, -0.2) is 34.4 Å². The molecule has 0 amide bonds. The molecule has 1 unspecified atom stereocenters. The van der Waals surface area contributed by atoms with E-state index in [1.54, 1.807) is 18.3 Å². The molecule has 6 nitrogen and oxygen atoms in total. The van der Waals surface area contributed by atoms with Crippen LogP contribution >= 0.6 is 0 Å². The Hall–Kier alpha value is -3.48. The van der Waals surface area contributed by atoms with Crippen molar-refractivity contribution in [3.8, 4) is 5.69 Å². The Morgan fingerprint density at radius 1 is 1.17 bits per heavy atom. The van der Waals surface area contributed by atoms with Crippen molar-refractivity contribution < 1.29 is 4.39 Å². The number of hydrogen-bond acceptors (Lipinski definition) is 5. The van der Waals surface area contributed by atoms with Gasteiger partial charge in [-0.05, 0) is 30.7 Å². The fraction of sp³-hybridized carbons (Fsp3) is 0.227. The second-order valence-electron chi connectivity index (χ2n) is 6.98. The molecular formula is C22H22FN5O. The van der Waals surface area contributed by atoms with E-state index in [2.05, 4.69) is 10.3 Å². The van der Waals surface area contributed by atoms with Gasteiger partial charge in [0.05, 0.1) is 22.9 Å². The van der Waals surface area contributed by atoms with E-state index < -0.39 is 11.4 Å². The summed E-state index contributed by atoms with van der Waals surface area (Å²) in [6.07, 6.45) is 4.41. The SMILES string of the molecule is CCC(NC1=CN(C)CN=C1)c1nc2cccc(F)c2c(=O)n1-c1ccccc1. The molecule has 1 atom stereocenters. The van der Waals surface area contributed by atoms with Gasteiger partial charge in [-0.15, -0.1) is 0 Å². The highest BCUT2D eigenvalue weighted by Gasteiger charge is 2.22. The zero-order valence-electron chi connectivity index (χ0n) is 16.3. The molecule has 3 aromatic rings. The van der Waals surface area contributed by atoms with Crippen LogP contribution in [0.5, 0.6) is 0 Å². The molecule has 1 N–H and O–H groups in total. The average Bonchev–Trinajstić information content (AvgIpc) is 2.72. The van der Waals surface area contributed by atoms with E-state index in [-0.39, 0.29) is 11.4 Å². The second kappa shape index (κ2) is 7.87. The molecule has 0 aliphatic carbocycles. The summed E-state index contributed by atoms with van der Waals surface area (Å²) < 4.78 is 16.0. The van der Waals surface area contributed by atoms with Gasteiger partial charge in [0.2, 0.25) is 0 Å². The fourth-order valence-corrected chi connectivity index (χ4v) is 3.47. The van der Waals surface area contributed by atoms with E-state index in [9.17, 15) is 9.18 Å². The Labute approximate surface area is 168 Å². The average molecular weight is 391 g/mol. The Morgan fingerprint density at radius 2 is 1.97 bits per heavy atom. The predicted molar refractivity (Wildman–Crippen MR) is 113 cm³/mol. The van der Waals surface area contributed by atoms with E-state index in [0.717, 1.165) is 5.70 Å². The summed E-state index contributed by atoms with van der Waals surface area (Å²) in [5, 5.41) is 3.42. The normalized spacial score (nSPS) is 14.7. The molecule has 29 heavy (non-hydrogen) atoms. The first kappa shape index (κ1) is 18.9. The van der Waals surface area contributed by atoms with Crippen LogP contribution in [0.2, 0.25) is 0 Å². The van der Waals surface area contributed by atoms with E-state index in [1.807, 2.05) is 55.4 Å². The molecule has 0 saturated heterocycles. The van der Waals surface area contributed by atoms with Crippen LogP contribution in [0.1, 0.15) is 25.2 Å². The molecule has 1 aliphatic rings. The number of aliphatic imine (C=N–C) groups is 1. The number of rotatable bonds is 5. The summed E-state index contributed by atoms with van der Waals surface area (Å²) in [6.45, 7) is 2.61. The van der Waals surface area contributed by atoms with Crippen LogP contribution in [0.15, 0.2) is 70.2 Å². The third-order valence-corrected chi connectivity index (χ3v) is 4.84. The molecule has 0 spiro atoms. The van der Waals surface area contributed by atoms with Crippen molar-refractivity contribution in [2.45, 2.75) is 19.4 Å². The van der Waals surface area contributed by atoms with Gasteiger partial charge in [0.1, 0.15) is 23.7 Å². The van der Waals surface area contributed by atoms with E-state index in [1.165, 1.54) is 10.6 Å². The quantitative estimate of drug-likeness (QED) is 0.724. The van der Waals surface area contributed by atoms with Gasteiger partial charge in [-0.25, -0.2) is 9.37 Å². The zero-order valence-corrected chi connectivity index (χ0v) is 16.3. The summed E-state index contributed by atoms with van der Waals surface area (Å²) in [5.74, 6) is -0.0367. The van der Waals surface area contributed by atoms with E-state index in [4.69, 9.17) is 4.98 Å². The molecule has 7 heteroatoms. The number of para-hydroxylation sites is 1. The van der Waals surface area contributed by atoms with Crippen LogP contribution in [0.3, 0.4) is 0 Å². The first-order valence-electron chi connectivity index (χ1n) is 9.53. The number of fused-ring (bicyclic) bond motifs is 1. The van der Waals surface area contributed by atoms with Crippen LogP contribution in [0.25, 0.3) is 16.6 Å². The minimum atomic E-state index is -0.569. The van der Waals surface area contributed by atoms with Crippen LogP contribution in [0.4, 0.5) is 4.39 Å². The Morgan fingerprint density at radius 3 is 2.69 bits per heavy atom. The summed E-state index contributed by atoms with van der Waals surface area (Å²) in [4.78, 5) is 24.3.